The lowest BCUT2D eigenvalue weighted by molar-refractivity contribution is -0.111. The summed E-state index contributed by atoms with van der Waals surface area (Å²) in [5.74, 6) is 0.800. The van der Waals surface area contributed by atoms with Crippen molar-refractivity contribution in [2.45, 2.75) is 33.1 Å². The van der Waals surface area contributed by atoms with Gasteiger partial charge in [-0.3, -0.25) is 9.78 Å². The number of hydrogen-bond acceptors (Lipinski definition) is 7. The number of pyridine rings is 1. The minimum atomic E-state index is -0.238. The third-order valence-corrected chi connectivity index (χ3v) is 5.81. The molecule has 8 heteroatoms. The van der Waals surface area contributed by atoms with E-state index in [0.29, 0.717) is 42.5 Å². The van der Waals surface area contributed by atoms with E-state index in [1.165, 1.54) is 6.08 Å². The minimum absolute atomic E-state index is 0.238. The zero-order valence-corrected chi connectivity index (χ0v) is 20.6. The van der Waals surface area contributed by atoms with Gasteiger partial charge in [-0.1, -0.05) is 13.0 Å². The van der Waals surface area contributed by atoms with Crippen LogP contribution >= 0.6 is 0 Å². The molecule has 1 amide bonds. The predicted octanol–water partition coefficient (Wildman–Crippen LogP) is 3.96. The Bertz CT molecular complexity index is 1070. The Morgan fingerprint density at radius 2 is 2.09 bits per heavy atom. The highest BCUT2D eigenvalue weighted by molar-refractivity contribution is 6.04. The molecule has 1 aliphatic rings. The number of likely N-dealkylation sites (N-methyl/N-ethyl adjacent to an activating group) is 1. The van der Waals surface area contributed by atoms with E-state index in [1.807, 2.05) is 45.0 Å². The highest BCUT2D eigenvalue weighted by Gasteiger charge is 2.20. The van der Waals surface area contributed by atoms with E-state index in [0.717, 1.165) is 54.9 Å². The summed E-state index contributed by atoms with van der Waals surface area (Å²) in [6.07, 6.45) is 5.95. The average molecular weight is 466 g/mol. The van der Waals surface area contributed by atoms with Crippen LogP contribution in [0, 0.1) is 17.2 Å². The van der Waals surface area contributed by atoms with Crippen molar-refractivity contribution in [1.29, 1.82) is 5.26 Å². The Balaban J connectivity index is 2.02. The van der Waals surface area contributed by atoms with E-state index in [2.05, 4.69) is 16.7 Å². The zero-order chi connectivity index (χ0) is 24.5. The van der Waals surface area contributed by atoms with Crippen LogP contribution in [0.15, 0.2) is 24.3 Å². The van der Waals surface area contributed by atoms with Crippen molar-refractivity contribution in [1.82, 2.24) is 9.88 Å². The first-order chi connectivity index (χ1) is 16.5. The van der Waals surface area contributed by atoms with Gasteiger partial charge in [0.1, 0.15) is 11.8 Å². The normalized spacial score (nSPS) is 14.5. The van der Waals surface area contributed by atoms with Gasteiger partial charge in [-0.2, -0.15) is 5.26 Å². The maximum atomic E-state index is 12.6. The number of nitrogens with one attached hydrogen (secondary N) is 2. The molecule has 2 heterocycles. The maximum Gasteiger partial charge on any atom is 0.248 e. The number of amides is 1. The quantitative estimate of drug-likeness (QED) is 0.512. The van der Waals surface area contributed by atoms with Crippen molar-refractivity contribution >= 4 is 28.2 Å². The molecular weight excluding hydrogens is 430 g/mol. The topological polar surface area (TPSA) is 99.5 Å². The lowest BCUT2D eigenvalue weighted by atomic mass is 9.99. The highest BCUT2D eigenvalue weighted by Crippen LogP contribution is 2.36. The van der Waals surface area contributed by atoms with Crippen molar-refractivity contribution in [2.24, 2.45) is 5.92 Å². The average Bonchev–Trinajstić information content (AvgIpc) is 2.83. The lowest BCUT2D eigenvalue weighted by Crippen LogP contribution is -2.23. The van der Waals surface area contributed by atoms with Gasteiger partial charge in [-0.25, -0.2) is 0 Å². The van der Waals surface area contributed by atoms with Crippen LogP contribution in [0.5, 0.6) is 5.75 Å². The number of aromatic nitrogens is 1. The van der Waals surface area contributed by atoms with Crippen LogP contribution in [0.2, 0.25) is 0 Å². The van der Waals surface area contributed by atoms with Gasteiger partial charge in [0.2, 0.25) is 5.91 Å². The fourth-order valence-corrected chi connectivity index (χ4v) is 4.02. The number of carbonyl (C=O) groups excluding carboxylic acids is 1. The Morgan fingerprint density at radius 1 is 1.32 bits per heavy atom. The molecule has 1 fully saturated rings. The molecule has 0 unspecified atom stereocenters. The number of fused-ring (bicyclic) bond motifs is 1. The van der Waals surface area contributed by atoms with Crippen LogP contribution in [0.25, 0.3) is 10.9 Å². The van der Waals surface area contributed by atoms with E-state index in [4.69, 9.17) is 14.5 Å². The second kappa shape index (κ2) is 12.4. The molecule has 8 nitrogen and oxygen atoms in total. The first-order valence-corrected chi connectivity index (χ1v) is 11.9. The third kappa shape index (κ3) is 6.46. The fourth-order valence-electron chi connectivity index (χ4n) is 4.02. The van der Waals surface area contributed by atoms with Gasteiger partial charge < -0.3 is 25.0 Å². The van der Waals surface area contributed by atoms with Crippen molar-refractivity contribution in [2.75, 3.05) is 57.6 Å². The highest BCUT2D eigenvalue weighted by atomic mass is 16.5. The summed E-state index contributed by atoms with van der Waals surface area (Å²) in [5.41, 5.74) is 3.34. The molecule has 2 aromatic rings. The summed E-state index contributed by atoms with van der Waals surface area (Å²) in [6, 6.07) is 6.05. The Labute approximate surface area is 201 Å². The Morgan fingerprint density at radius 3 is 2.74 bits per heavy atom. The number of rotatable bonds is 10. The van der Waals surface area contributed by atoms with Crippen LogP contribution in [0.4, 0.5) is 11.4 Å². The van der Waals surface area contributed by atoms with Crippen molar-refractivity contribution in [3.63, 3.8) is 0 Å². The molecule has 1 aliphatic heterocycles. The summed E-state index contributed by atoms with van der Waals surface area (Å²) < 4.78 is 11.3. The molecule has 1 saturated heterocycles. The number of anilines is 2. The number of nitriles is 1. The first kappa shape index (κ1) is 25.5. The number of aryl methyl sites for hydroxylation is 1. The molecule has 1 aromatic carbocycles. The van der Waals surface area contributed by atoms with Crippen LogP contribution in [-0.2, 0) is 16.0 Å². The minimum Gasteiger partial charge on any atom is -0.492 e. The summed E-state index contributed by atoms with van der Waals surface area (Å²) in [6.45, 7) is 7.30. The number of hydrogen-bond donors (Lipinski definition) is 2. The molecular formula is C26H35N5O3. The summed E-state index contributed by atoms with van der Waals surface area (Å²) in [5, 5.41) is 17.2. The van der Waals surface area contributed by atoms with Crippen LogP contribution in [-0.4, -0.2) is 62.8 Å². The van der Waals surface area contributed by atoms with Crippen molar-refractivity contribution in [3.8, 4) is 11.8 Å². The molecule has 1 aromatic heterocycles. The van der Waals surface area contributed by atoms with Crippen molar-refractivity contribution < 1.29 is 14.3 Å². The molecule has 0 atom stereocenters. The van der Waals surface area contributed by atoms with Crippen molar-refractivity contribution in [3.05, 3.63) is 35.5 Å². The second-order valence-electron chi connectivity index (χ2n) is 8.66. The van der Waals surface area contributed by atoms with Crippen LogP contribution < -0.4 is 15.4 Å². The smallest absolute Gasteiger partial charge is 0.248 e. The number of ether oxygens (including phenoxy) is 2. The van der Waals surface area contributed by atoms with Gasteiger partial charge in [0, 0.05) is 43.8 Å². The van der Waals surface area contributed by atoms with E-state index < -0.39 is 0 Å². The molecule has 0 spiro atoms. The molecule has 34 heavy (non-hydrogen) atoms. The SMILES string of the molecule is CCOc1cc2nc(CC)c(C#N)c(NCC3CCOCC3)c2cc1NC(=O)/C=C/CN(C)C. The van der Waals surface area contributed by atoms with Gasteiger partial charge in [0.25, 0.3) is 0 Å². The summed E-state index contributed by atoms with van der Waals surface area (Å²) in [4.78, 5) is 19.3. The Hall–Kier alpha value is -3.15. The number of nitrogens with zero attached hydrogens (tertiary/aromatic N) is 3. The second-order valence-corrected chi connectivity index (χ2v) is 8.66. The van der Waals surface area contributed by atoms with E-state index in [9.17, 15) is 10.1 Å². The standard InChI is InChI=1S/C26H35N5O3/c1-5-21-20(16-27)26(28-17-18-9-12-33-13-10-18)19-14-23(24(34-6-2)15-22(19)29-21)30-25(32)8-7-11-31(3)4/h7-8,14-15,18H,5-6,9-13,17H2,1-4H3,(H,28,29)(H,30,32)/b8-7+. The number of carbonyl (C=O) groups is 1. The molecule has 0 radical (unpaired) electrons. The van der Waals surface area contributed by atoms with Gasteiger partial charge in [0.05, 0.1) is 34.8 Å². The number of benzene rings is 1. The predicted molar refractivity (Wildman–Crippen MR) is 135 cm³/mol. The van der Waals surface area contributed by atoms with Crippen LogP contribution in [0.1, 0.15) is 37.9 Å². The van der Waals surface area contributed by atoms with Gasteiger partial charge in [-0.05, 0) is 52.3 Å². The lowest BCUT2D eigenvalue weighted by Gasteiger charge is -2.24. The maximum absolute atomic E-state index is 12.6. The van der Waals surface area contributed by atoms with Gasteiger partial charge >= 0.3 is 0 Å². The third-order valence-electron chi connectivity index (χ3n) is 5.81. The first-order valence-electron chi connectivity index (χ1n) is 11.9. The summed E-state index contributed by atoms with van der Waals surface area (Å²) in [7, 11) is 3.88. The molecule has 2 N–H and O–H groups in total. The molecule has 0 bridgehead atoms. The fraction of sp³-hybridized carbons (Fsp3) is 0.500. The molecule has 182 valence electrons. The van der Waals surface area contributed by atoms with Gasteiger partial charge in [0.15, 0.2) is 0 Å². The van der Waals surface area contributed by atoms with E-state index in [1.54, 1.807) is 6.08 Å². The van der Waals surface area contributed by atoms with Gasteiger partial charge in [-0.15, -0.1) is 0 Å². The van der Waals surface area contributed by atoms with E-state index in [-0.39, 0.29) is 5.91 Å². The molecule has 3 rings (SSSR count). The largest absolute Gasteiger partial charge is 0.492 e. The zero-order valence-electron chi connectivity index (χ0n) is 20.6. The Kier molecular flexibility index (Phi) is 9.25. The molecule has 0 saturated carbocycles. The monoisotopic (exact) mass is 465 g/mol. The van der Waals surface area contributed by atoms with E-state index >= 15 is 0 Å². The molecule has 0 aliphatic carbocycles. The summed E-state index contributed by atoms with van der Waals surface area (Å²) >= 11 is 0. The van der Waals surface area contributed by atoms with Crippen LogP contribution in [0.3, 0.4) is 0 Å².